The molecule has 0 saturated heterocycles. The topological polar surface area (TPSA) is 85.6 Å². The van der Waals surface area contributed by atoms with Crippen molar-refractivity contribution in [1.29, 1.82) is 0 Å². The van der Waals surface area contributed by atoms with Crippen molar-refractivity contribution in [3.8, 4) is 0 Å². The number of hydrogen-bond acceptors (Lipinski definition) is 5. The minimum atomic E-state index is -4.56. The molecule has 0 atom stereocenters. The van der Waals surface area contributed by atoms with Gasteiger partial charge in [-0.3, -0.25) is 4.72 Å². The first-order valence-corrected chi connectivity index (χ1v) is 9.91. The molecule has 0 aliphatic heterocycles. The zero-order chi connectivity index (χ0) is 21.4. The van der Waals surface area contributed by atoms with E-state index >= 15 is 0 Å². The maximum atomic E-state index is 12.6. The van der Waals surface area contributed by atoms with Crippen LogP contribution < -0.4 is 4.72 Å². The Labute approximate surface area is 164 Å². The van der Waals surface area contributed by atoms with Gasteiger partial charge in [0.15, 0.2) is 0 Å². The molecule has 0 bridgehead atoms. The van der Waals surface area contributed by atoms with Crippen LogP contribution in [0.1, 0.15) is 28.6 Å². The number of rotatable bonds is 5. The molecule has 6 nitrogen and oxygen atoms in total. The Bertz CT molecular complexity index is 1170. The molecule has 0 fully saturated rings. The lowest BCUT2D eigenvalue weighted by molar-refractivity contribution is -0.137. The molecule has 154 valence electrons. The number of carbonyl (C=O) groups excluding carboxylic acids is 1. The van der Waals surface area contributed by atoms with Crippen LogP contribution in [-0.4, -0.2) is 21.0 Å². The number of hydrogen-bond donors (Lipinski definition) is 1. The average Bonchev–Trinajstić information content (AvgIpc) is 2.97. The number of halogens is 3. The first-order chi connectivity index (χ1) is 13.5. The summed E-state index contributed by atoms with van der Waals surface area (Å²) in [5.41, 5.74) is 0.0622. The Morgan fingerprint density at radius 2 is 1.79 bits per heavy atom. The molecule has 29 heavy (non-hydrogen) atoms. The summed E-state index contributed by atoms with van der Waals surface area (Å²) < 4.78 is 75.6. The summed E-state index contributed by atoms with van der Waals surface area (Å²) in [6, 6.07) is 7.53. The number of benzene rings is 2. The van der Waals surface area contributed by atoms with Gasteiger partial charge in [-0.15, -0.1) is 0 Å². The highest BCUT2D eigenvalue weighted by molar-refractivity contribution is 7.92. The smallest absolute Gasteiger partial charge is 0.416 e. The van der Waals surface area contributed by atoms with E-state index in [0.717, 1.165) is 12.1 Å². The fourth-order valence-electron chi connectivity index (χ4n) is 2.71. The van der Waals surface area contributed by atoms with Crippen molar-refractivity contribution in [3.63, 3.8) is 0 Å². The van der Waals surface area contributed by atoms with Crippen molar-refractivity contribution in [1.82, 2.24) is 0 Å². The first kappa shape index (κ1) is 20.7. The minimum absolute atomic E-state index is 0.0181. The molecule has 2 aromatic carbocycles. The highest BCUT2D eigenvalue weighted by Gasteiger charge is 2.30. The molecular formula is C19H16F3NO5S. The van der Waals surface area contributed by atoms with Gasteiger partial charge in [0.05, 0.1) is 17.1 Å². The zero-order valence-corrected chi connectivity index (χ0v) is 16.1. The van der Waals surface area contributed by atoms with Crippen LogP contribution in [0.4, 0.5) is 18.9 Å². The molecule has 1 aromatic heterocycles. The largest absolute Gasteiger partial charge is 0.460 e. The summed E-state index contributed by atoms with van der Waals surface area (Å²) in [5, 5.41) is 0.501. The van der Waals surface area contributed by atoms with Gasteiger partial charge < -0.3 is 9.15 Å². The summed E-state index contributed by atoms with van der Waals surface area (Å²) in [6.07, 6.45) is -4.56. The number of nitrogens with one attached hydrogen (secondary N) is 1. The normalized spacial score (nSPS) is 12.2. The lowest BCUT2D eigenvalue weighted by atomic mass is 10.1. The van der Waals surface area contributed by atoms with Crippen LogP contribution in [0.3, 0.4) is 0 Å². The molecule has 0 spiro atoms. The van der Waals surface area contributed by atoms with E-state index in [-0.39, 0.29) is 22.9 Å². The summed E-state index contributed by atoms with van der Waals surface area (Å²) in [6.45, 7) is 3.46. The first-order valence-electron chi connectivity index (χ1n) is 8.43. The minimum Gasteiger partial charge on any atom is -0.460 e. The van der Waals surface area contributed by atoms with Gasteiger partial charge in [-0.1, -0.05) is 0 Å². The summed E-state index contributed by atoms with van der Waals surface area (Å²) in [5.74, 6) is -0.613. The van der Waals surface area contributed by atoms with Gasteiger partial charge >= 0.3 is 12.1 Å². The Morgan fingerprint density at radius 3 is 2.38 bits per heavy atom. The molecular weight excluding hydrogens is 411 g/mol. The lowest BCUT2D eigenvalue weighted by Crippen LogP contribution is -2.13. The van der Waals surface area contributed by atoms with Crippen molar-refractivity contribution in [2.75, 3.05) is 11.3 Å². The van der Waals surface area contributed by atoms with Gasteiger partial charge in [0.25, 0.3) is 10.0 Å². The number of ether oxygens (including phenoxy) is 1. The van der Waals surface area contributed by atoms with Gasteiger partial charge in [-0.05, 0) is 56.3 Å². The van der Waals surface area contributed by atoms with Gasteiger partial charge in [0.1, 0.15) is 5.58 Å². The summed E-state index contributed by atoms with van der Waals surface area (Å²) in [4.78, 5) is 11.6. The Balaban J connectivity index is 1.91. The number of alkyl halides is 3. The Hall–Kier alpha value is -3.01. The predicted octanol–water partition coefficient (Wildman–Crippen LogP) is 4.74. The lowest BCUT2D eigenvalue weighted by Gasteiger charge is -2.10. The van der Waals surface area contributed by atoms with Crippen molar-refractivity contribution >= 4 is 32.6 Å². The van der Waals surface area contributed by atoms with Gasteiger partial charge in [0.2, 0.25) is 5.76 Å². The molecule has 1 N–H and O–H groups in total. The summed E-state index contributed by atoms with van der Waals surface area (Å²) in [7, 11) is -4.11. The third-order valence-electron chi connectivity index (χ3n) is 4.14. The van der Waals surface area contributed by atoms with Crippen LogP contribution >= 0.6 is 0 Å². The van der Waals surface area contributed by atoms with Crippen LogP contribution in [-0.2, 0) is 20.9 Å². The van der Waals surface area contributed by atoms with Crippen LogP contribution in [0.15, 0.2) is 51.8 Å². The molecule has 0 radical (unpaired) electrons. The van der Waals surface area contributed by atoms with E-state index in [2.05, 4.69) is 4.72 Å². The molecule has 3 rings (SSSR count). The van der Waals surface area contributed by atoms with Gasteiger partial charge in [0, 0.05) is 16.6 Å². The van der Waals surface area contributed by atoms with Gasteiger partial charge in [-0.25, -0.2) is 13.2 Å². The summed E-state index contributed by atoms with van der Waals surface area (Å²) >= 11 is 0. The van der Waals surface area contributed by atoms with Crippen molar-refractivity contribution in [3.05, 3.63) is 59.4 Å². The van der Waals surface area contributed by atoms with Crippen LogP contribution in [0.25, 0.3) is 11.0 Å². The van der Waals surface area contributed by atoms with Gasteiger partial charge in [-0.2, -0.15) is 13.2 Å². The fraction of sp³-hybridized carbons (Fsp3) is 0.211. The predicted molar refractivity (Wildman–Crippen MR) is 99.2 cm³/mol. The Kier molecular flexibility index (Phi) is 5.31. The monoisotopic (exact) mass is 427 g/mol. The van der Waals surface area contributed by atoms with E-state index in [4.69, 9.17) is 9.15 Å². The molecule has 1 heterocycles. The molecule has 3 aromatic rings. The highest BCUT2D eigenvalue weighted by atomic mass is 32.2. The molecule has 0 saturated carbocycles. The average molecular weight is 427 g/mol. The maximum absolute atomic E-state index is 12.6. The number of aryl methyl sites for hydroxylation is 1. The molecule has 0 amide bonds. The molecule has 10 heteroatoms. The second-order valence-corrected chi connectivity index (χ2v) is 7.80. The number of sulfonamides is 1. The van der Waals surface area contributed by atoms with Crippen molar-refractivity contribution in [2.45, 2.75) is 24.9 Å². The number of furan rings is 1. The van der Waals surface area contributed by atoms with Crippen LogP contribution in [0.2, 0.25) is 0 Å². The van der Waals surface area contributed by atoms with Crippen LogP contribution in [0.5, 0.6) is 0 Å². The highest BCUT2D eigenvalue weighted by Crippen LogP contribution is 2.31. The molecule has 0 unspecified atom stereocenters. The SMILES string of the molecule is CCOC(=O)c1oc2ccc(NS(=O)(=O)c3ccc(C(F)(F)F)cc3)cc2c1C. The second-order valence-electron chi connectivity index (χ2n) is 6.12. The van der Waals surface area contributed by atoms with E-state index in [9.17, 15) is 26.4 Å². The standard InChI is InChI=1S/C19H16F3NO5S/c1-3-27-18(24)17-11(2)15-10-13(6-9-16(15)28-17)23-29(25,26)14-7-4-12(5-8-14)19(20,21)22/h4-10,23H,3H2,1-2H3. The van der Waals surface area contributed by atoms with E-state index in [1.807, 2.05) is 0 Å². The third-order valence-corrected chi connectivity index (χ3v) is 5.54. The van der Waals surface area contributed by atoms with E-state index in [0.29, 0.717) is 28.7 Å². The van der Waals surface area contributed by atoms with E-state index in [1.165, 1.54) is 18.2 Å². The van der Waals surface area contributed by atoms with E-state index in [1.54, 1.807) is 13.8 Å². The third kappa shape index (κ3) is 4.21. The molecule has 0 aliphatic carbocycles. The Morgan fingerprint density at radius 1 is 1.14 bits per heavy atom. The second kappa shape index (κ2) is 7.43. The number of anilines is 1. The molecule has 0 aliphatic rings. The maximum Gasteiger partial charge on any atom is 0.416 e. The zero-order valence-electron chi connectivity index (χ0n) is 15.3. The number of esters is 1. The quantitative estimate of drug-likeness (QED) is 0.595. The van der Waals surface area contributed by atoms with Crippen LogP contribution in [0, 0.1) is 6.92 Å². The number of carbonyl (C=O) groups is 1. The van der Waals surface area contributed by atoms with Crippen molar-refractivity contribution in [2.24, 2.45) is 0 Å². The fourth-order valence-corrected chi connectivity index (χ4v) is 3.76. The number of fused-ring (bicyclic) bond motifs is 1. The van der Waals surface area contributed by atoms with Crippen molar-refractivity contribution < 1.29 is 35.5 Å². The van der Waals surface area contributed by atoms with E-state index < -0.39 is 27.7 Å².